The van der Waals surface area contributed by atoms with Gasteiger partial charge in [0, 0.05) is 25.6 Å². The van der Waals surface area contributed by atoms with E-state index in [4.69, 9.17) is 0 Å². The molecule has 2 N–H and O–H groups in total. The van der Waals surface area contributed by atoms with E-state index in [1.165, 1.54) is 4.90 Å². The van der Waals surface area contributed by atoms with Crippen molar-refractivity contribution in [2.75, 3.05) is 11.9 Å². The normalized spacial score (nSPS) is 17.7. The largest absolute Gasteiger partial charge is 0.337 e. The van der Waals surface area contributed by atoms with E-state index in [1.54, 1.807) is 24.0 Å². The van der Waals surface area contributed by atoms with Crippen molar-refractivity contribution in [2.45, 2.75) is 31.8 Å². The predicted molar refractivity (Wildman–Crippen MR) is 102 cm³/mol. The van der Waals surface area contributed by atoms with Crippen LogP contribution in [-0.4, -0.2) is 49.9 Å². The van der Waals surface area contributed by atoms with Crippen molar-refractivity contribution in [1.82, 2.24) is 30.3 Å². The fourth-order valence-corrected chi connectivity index (χ4v) is 3.33. The number of aryl methyl sites for hydroxylation is 1. The topological polar surface area (TPSA) is 109 Å². The number of likely N-dealkylation sites (N-methyl/N-ethyl adjacent to an activating group) is 1. The van der Waals surface area contributed by atoms with Gasteiger partial charge in [-0.25, -0.2) is 9.67 Å². The summed E-state index contributed by atoms with van der Waals surface area (Å²) in [7, 11) is 1.67. The highest BCUT2D eigenvalue weighted by atomic mass is 16.2. The number of hydrogen-bond donors (Lipinski definition) is 2. The van der Waals surface area contributed by atoms with Crippen molar-refractivity contribution in [3.05, 3.63) is 59.8 Å². The lowest BCUT2D eigenvalue weighted by atomic mass is 10.0. The number of carbonyl (C=O) groups is 2. The molecule has 2 aromatic heterocycles. The Morgan fingerprint density at radius 2 is 2.07 bits per heavy atom. The van der Waals surface area contributed by atoms with Gasteiger partial charge in [-0.15, -0.1) is 5.10 Å². The number of hydrogen-bond acceptors (Lipinski definition) is 5. The number of carbonyl (C=O) groups excluding carboxylic acids is 2. The third-order valence-electron chi connectivity index (χ3n) is 5.02. The van der Waals surface area contributed by atoms with Gasteiger partial charge in [-0.05, 0) is 12.0 Å². The summed E-state index contributed by atoms with van der Waals surface area (Å²) in [6, 6.07) is 11.0. The predicted octanol–water partition coefficient (Wildman–Crippen LogP) is 1.32. The summed E-state index contributed by atoms with van der Waals surface area (Å²) in [4.78, 5) is 31.1. The number of nitrogens with zero attached hydrogens (tertiary/aromatic N) is 5. The molecular formula is C19H21N7O2. The molecule has 0 aliphatic carbocycles. The van der Waals surface area contributed by atoms with Crippen LogP contribution in [0.3, 0.4) is 0 Å². The van der Waals surface area contributed by atoms with Crippen LogP contribution in [0, 0.1) is 0 Å². The van der Waals surface area contributed by atoms with Crippen molar-refractivity contribution in [3.63, 3.8) is 0 Å². The number of rotatable bonds is 4. The van der Waals surface area contributed by atoms with E-state index < -0.39 is 11.9 Å². The molecule has 144 valence electrons. The first-order valence-corrected chi connectivity index (χ1v) is 9.12. The van der Waals surface area contributed by atoms with Crippen molar-refractivity contribution >= 4 is 17.6 Å². The van der Waals surface area contributed by atoms with E-state index >= 15 is 0 Å². The Morgan fingerprint density at radius 3 is 2.86 bits per heavy atom. The molecular weight excluding hydrogens is 358 g/mol. The number of benzene rings is 1. The third kappa shape index (κ3) is 3.26. The monoisotopic (exact) mass is 379 g/mol. The zero-order valence-corrected chi connectivity index (χ0v) is 15.7. The maximum atomic E-state index is 12.7. The van der Waals surface area contributed by atoms with E-state index in [-0.39, 0.29) is 17.6 Å². The van der Waals surface area contributed by atoms with Crippen molar-refractivity contribution in [1.29, 1.82) is 0 Å². The Morgan fingerprint density at radius 1 is 1.29 bits per heavy atom. The highest BCUT2D eigenvalue weighted by molar-refractivity contribution is 6.00. The number of H-pyrrole nitrogens is 1. The van der Waals surface area contributed by atoms with Crippen LogP contribution in [0.1, 0.15) is 41.3 Å². The fourth-order valence-electron chi connectivity index (χ4n) is 3.33. The number of aromatic amines is 1. The molecule has 1 aliphatic heterocycles. The minimum absolute atomic E-state index is 0.0233. The Hall–Kier alpha value is -3.49. The highest BCUT2D eigenvalue weighted by Crippen LogP contribution is 2.21. The first-order chi connectivity index (χ1) is 13.5. The maximum Gasteiger partial charge on any atom is 0.291 e. The molecule has 0 saturated carbocycles. The van der Waals surface area contributed by atoms with E-state index in [0.717, 1.165) is 5.56 Å². The summed E-state index contributed by atoms with van der Waals surface area (Å²) in [5, 5.41) is 13.8. The van der Waals surface area contributed by atoms with Gasteiger partial charge in [0.25, 0.3) is 11.8 Å². The summed E-state index contributed by atoms with van der Waals surface area (Å²) in [5.41, 5.74) is 1.07. The number of amides is 2. The summed E-state index contributed by atoms with van der Waals surface area (Å²) in [5.74, 6) is 0.627. The van der Waals surface area contributed by atoms with Crippen LogP contribution in [0.2, 0.25) is 0 Å². The Kier molecular flexibility index (Phi) is 4.64. The molecule has 1 aliphatic rings. The Balaban J connectivity index is 1.46. The van der Waals surface area contributed by atoms with Gasteiger partial charge in [0.1, 0.15) is 17.7 Å². The summed E-state index contributed by atoms with van der Waals surface area (Å²) in [6.45, 7) is 2.52. The van der Waals surface area contributed by atoms with Gasteiger partial charge in [-0.3, -0.25) is 19.6 Å². The second-order valence-corrected chi connectivity index (χ2v) is 6.80. The lowest BCUT2D eigenvalue weighted by Gasteiger charge is -2.19. The van der Waals surface area contributed by atoms with Crippen LogP contribution in [0.25, 0.3) is 0 Å². The smallest absolute Gasteiger partial charge is 0.291 e. The molecule has 0 fully saturated rings. The minimum atomic E-state index is -0.660. The summed E-state index contributed by atoms with van der Waals surface area (Å²) >= 11 is 0. The molecule has 0 spiro atoms. The average molecular weight is 379 g/mol. The van der Waals surface area contributed by atoms with E-state index in [2.05, 4.69) is 25.6 Å². The molecule has 0 saturated heterocycles. The number of aromatic nitrogens is 5. The van der Waals surface area contributed by atoms with Gasteiger partial charge in [0.15, 0.2) is 0 Å². The molecule has 2 amide bonds. The maximum absolute atomic E-state index is 12.7. The molecule has 1 unspecified atom stereocenters. The lowest BCUT2D eigenvalue weighted by molar-refractivity contribution is -0.120. The highest BCUT2D eigenvalue weighted by Gasteiger charge is 2.31. The molecule has 3 aromatic rings. The zero-order valence-electron chi connectivity index (χ0n) is 15.7. The van der Waals surface area contributed by atoms with Crippen molar-refractivity contribution in [3.8, 4) is 0 Å². The lowest BCUT2D eigenvalue weighted by Crippen LogP contribution is -2.47. The SMILES string of the molecule is CC(c1ccccc1)c1nc(C(=O)N[C@H]2CCn3nccc3N(C)C2=O)n[nH]1. The van der Waals surface area contributed by atoms with Crippen molar-refractivity contribution < 1.29 is 9.59 Å². The van der Waals surface area contributed by atoms with Gasteiger partial charge in [-0.1, -0.05) is 37.3 Å². The molecule has 0 radical (unpaired) electrons. The quantitative estimate of drug-likeness (QED) is 0.711. The first-order valence-electron chi connectivity index (χ1n) is 9.12. The zero-order chi connectivity index (χ0) is 19.7. The van der Waals surface area contributed by atoms with Gasteiger partial charge < -0.3 is 5.32 Å². The Labute approximate surface area is 161 Å². The van der Waals surface area contributed by atoms with Gasteiger partial charge in [0.2, 0.25) is 5.82 Å². The van der Waals surface area contributed by atoms with Crippen molar-refractivity contribution in [2.24, 2.45) is 0 Å². The fraction of sp³-hybridized carbons (Fsp3) is 0.316. The molecule has 3 heterocycles. The van der Waals surface area contributed by atoms with E-state index in [0.29, 0.717) is 24.6 Å². The van der Waals surface area contributed by atoms with Gasteiger partial charge in [0.05, 0.1) is 6.20 Å². The average Bonchev–Trinajstić information content (AvgIpc) is 3.37. The third-order valence-corrected chi connectivity index (χ3v) is 5.02. The van der Waals surface area contributed by atoms with Gasteiger partial charge >= 0.3 is 0 Å². The molecule has 28 heavy (non-hydrogen) atoms. The van der Waals surface area contributed by atoms with Crippen LogP contribution in [0.5, 0.6) is 0 Å². The number of nitrogens with one attached hydrogen (secondary N) is 2. The minimum Gasteiger partial charge on any atom is -0.337 e. The molecule has 9 heteroatoms. The molecule has 0 bridgehead atoms. The van der Waals surface area contributed by atoms with Gasteiger partial charge in [-0.2, -0.15) is 5.10 Å². The first kappa shape index (κ1) is 17.9. The summed E-state index contributed by atoms with van der Waals surface area (Å²) in [6.07, 6.45) is 2.10. The standard InChI is InChI=1S/C19H21N7O2/c1-12(13-6-4-3-5-7-13)16-22-17(24-23-16)18(27)21-14-9-11-26-15(8-10-20-26)25(2)19(14)28/h3-8,10,12,14H,9,11H2,1-2H3,(H,21,27)(H,22,23,24)/t12?,14-/m0/s1. The molecule has 9 nitrogen and oxygen atoms in total. The second-order valence-electron chi connectivity index (χ2n) is 6.80. The second kappa shape index (κ2) is 7.26. The van der Waals surface area contributed by atoms with E-state index in [9.17, 15) is 9.59 Å². The van der Waals surface area contributed by atoms with Crippen LogP contribution in [0.4, 0.5) is 5.82 Å². The molecule has 4 rings (SSSR count). The van der Waals surface area contributed by atoms with Crippen LogP contribution in [-0.2, 0) is 11.3 Å². The number of fused-ring (bicyclic) bond motifs is 1. The molecule has 1 aromatic carbocycles. The molecule has 2 atom stereocenters. The van der Waals surface area contributed by atoms with E-state index in [1.807, 2.05) is 37.3 Å². The Bertz CT molecular complexity index is 995. The summed E-state index contributed by atoms with van der Waals surface area (Å²) < 4.78 is 1.75. The van der Waals surface area contributed by atoms with Crippen LogP contribution in [0.15, 0.2) is 42.6 Å². The number of anilines is 1. The van der Waals surface area contributed by atoms with Crippen LogP contribution < -0.4 is 10.2 Å². The van der Waals surface area contributed by atoms with Crippen LogP contribution >= 0.6 is 0 Å².